The van der Waals surface area contributed by atoms with Gasteiger partial charge in [-0.2, -0.15) is 5.10 Å². The minimum absolute atomic E-state index is 0.540. The van der Waals surface area contributed by atoms with Gasteiger partial charge in [0.1, 0.15) is 0 Å². The van der Waals surface area contributed by atoms with Crippen molar-refractivity contribution in [2.75, 3.05) is 6.54 Å². The van der Waals surface area contributed by atoms with Gasteiger partial charge in [-0.1, -0.05) is 33.3 Å². The number of unbranched alkanes of at least 4 members (excludes halogenated alkanes) is 1. The molecule has 0 aliphatic carbocycles. The molecule has 0 spiro atoms. The zero-order valence-electron chi connectivity index (χ0n) is 10.2. The molecule has 0 saturated carbocycles. The average molecular weight is 196 g/mol. The van der Waals surface area contributed by atoms with Gasteiger partial charge in [-0.25, -0.2) is 0 Å². The van der Waals surface area contributed by atoms with E-state index < -0.39 is 0 Å². The second kappa shape index (κ2) is 7.60. The van der Waals surface area contributed by atoms with Gasteiger partial charge in [-0.05, 0) is 26.2 Å². The van der Waals surface area contributed by atoms with Crippen molar-refractivity contribution in [2.24, 2.45) is 11.0 Å². The zero-order valence-corrected chi connectivity index (χ0v) is 10.2. The first-order chi connectivity index (χ1) is 6.67. The van der Waals surface area contributed by atoms with Gasteiger partial charge in [0.25, 0.3) is 0 Å². The Morgan fingerprint density at radius 3 is 2.36 bits per heavy atom. The van der Waals surface area contributed by atoms with Crippen LogP contribution in [-0.4, -0.2) is 17.8 Å². The van der Waals surface area contributed by atoms with Crippen LogP contribution < -0.4 is 0 Å². The van der Waals surface area contributed by atoms with Crippen molar-refractivity contribution in [1.82, 2.24) is 5.01 Å². The summed E-state index contributed by atoms with van der Waals surface area (Å²) in [6.07, 6.45) is 6.38. The normalized spacial score (nSPS) is 12.9. The fourth-order valence-electron chi connectivity index (χ4n) is 1.40. The lowest BCUT2D eigenvalue weighted by molar-refractivity contribution is 0.345. The van der Waals surface area contributed by atoms with E-state index in [-0.39, 0.29) is 0 Å². The molecule has 0 aliphatic heterocycles. The molecular formula is C12H24N2. The van der Waals surface area contributed by atoms with Gasteiger partial charge in [0.05, 0.1) is 0 Å². The number of rotatable bonds is 6. The van der Waals surface area contributed by atoms with Crippen LogP contribution in [0.4, 0.5) is 0 Å². The van der Waals surface area contributed by atoms with Crippen molar-refractivity contribution in [2.45, 2.75) is 47.5 Å². The molecule has 0 amide bonds. The van der Waals surface area contributed by atoms with Crippen LogP contribution in [-0.2, 0) is 0 Å². The summed E-state index contributed by atoms with van der Waals surface area (Å²) in [5.74, 6) is 0.540. The third kappa shape index (κ3) is 4.45. The first-order valence-corrected chi connectivity index (χ1v) is 5.63. The van der Waals surface area contributed by atoms with Crippen LogP contribution in [0, 0.1) is 5.92 Å². The molecule has 0 aromatic rings. The molecule has 0 fully saturated rings. The molecular weight excluding hydrogens is 172 g/mol. The summed E-state index contributed by atoms with van der Waals surface area (Å²) in [6, 6.07) is 0. The Morgan fingerprint density at radius 1 is 1.36 bits per heavy atom. The Bertz CT molecular complexity index is 192. The molecule has 0 aromatic carbocycles. The monoisotopic (exact) mass is 196 g/mol. The van der Waals surface area contributed by atoms with Crippen molar-refractivity contribution in [3.05, 3.63) is 11.8 Å². The fraction of sp³-hybridized carbons (Fsp3) is 0.750. The van der Waals surface area contributed by atoms with E-state index >= 15 is 0 Å². The maximum absolute atomic E-state index is 4.46. The molecule has 0 aromatic heterocycles. The number of hydrogen-bond acceptors (Lipinski definition) is 2. The van der Waals surface area contributed by atoms with Crippen LogP contribution in [0.1, 0.15) is 47.5 Å². The summed E-state index contributed by atoms with van der Waals surface area (Å²) in [6.45, 7) is 11.7. The third-order valence-corrected chi connectivity index (χ3v) is 2.12. The van der Waals surface area contributed by atoms with Gasteiger partial charge in [0.15, 0.2) is 0 Å². The Kier molecular flexibility index (Phi) is 7.17. The molecule has 0 aliphatic rings. The predicted molar refractivity (Wildman–Crippen MR) is 64.4 cm³/mol. The van der Waals surface area contributed by atoms with Crippen LogP contribution in [0.3, 0.4) is 0 Å². The zero-order chi connectivity index (χ0) is 11.0. The first-order valence-electron chi connectivity index (χ1n) is 5.63. The minimum Gasteiger partial charge on any atom is -0.270 e. The Hall–Kier alpha value is -0.790. The molecule has 0 radical (unpaired) electrons. The first kappa shape index (κ1) is 13.2. The van der Waals surface area contributed by atoms with E-state index in [9.17, 15) is 0 Å². The minimum atomic E-state index is 0.540. The van der Waals surface area contributed by atoms with E-state index in [0.29, 0.717) is 5.92 Å². The largest absolute Gasteiger partial charge is 0.270 e. The predicted octanol–water partition coefficient (Wildman–Crippen LogP) is 3.65. The highest BCUT2D eigenvalue weighted by atomic mass is 15.4. The lowest BCUT2D eigenvalue weighted by atomic mass is 10.1. The smallest absolute Gasteiger partial charge is 0.0383 e. The topological polar surface area (TPSA) is 15.6 Å². The van der Waals surface area contributed by atoms with Gasteiger partial charge >= 0.3 is 0 Å². The van der Waals surface area contributed by atoms with Crippen molar-refractivity contribution in [3.63, 3.8) is 0 Å². The summed E-state index contributed by atoms with van der Waals surface area (Å²) >= 11 is 0. The molecule has 0 N–H and O–H groups in total. The number of hydrogen-bond donors (Lipinski definition) is 0. The quantitative estimate of drug-likeness (QED) is 0.467. The van der Waals surface area contributed by atoms with E-state index in [0.717, 1.165) is 19.4 Å². The molecule has 2 nitrogen and oxygen atoms in total. The second-order valence-electron chi connectivity index (χ2n) is 3.67. The molecule has 0 saturated heterocycles. The highest BCUT2D eigenvalue weighted by molar-refractivity contribution is 5.56. The highest BCUT2D eigenvalue weighted by Crippen LogP contribution is 2.14. The lowest BCUT2D eigenvalue weighted by Crippen LogP contribution is -2.20. The molecule has 0 bridgehead atoms. The maximum atomic E-state index is 4.46. The van der Waals surface area contributed by atoms with E-state index in [1.165, 1.54) is 5.70 Å². The molecule has 2 heteroatoms. The molecule has 0 rings (SSSR count). The molecule has 82 valence electrons. The number of allylic oxidation sites excluding steroid dienone is 2. The second-order valence-corrected chi connectivity index (χ2v) is 3.67. The summed E-state index contributed by atoms with van der Waals surface area (Å²) in [7, 11) is 0. The van der Waals surface area contributed by atoms with Crippen molar-refractivity contribution in [3.8, 4) is 0 Å². The summed E-state index contributed by atoms with van der Waals surface area (Å²) < 4.78 is 0. The SMILES string of the molecule is C/C=C(/C(C)C)N(CC)/N=C\CCC. The Morgan fingerprint density at radius 2 is 2.00 bits per heavy atom. The summed E-state index contributed by atoms with van der Waals surface area (Å²) in [5, 5.41) is 6.55. The third-order valence-electron chi connectivity index (χ3n) is 2.12. The van der Waals surface area contributed by atoms with Gasteiger partial charge in [-0.3, -0.25) is 5.01 Å². The van der Waals surface area contributed by atoms with Crippen molar-refractivity contribution >= 4 is 6.21 Å². The molecule has 0 atom stereocenters. The molecule has 14 heavy (non-hydrogen) atoms. The van der Waals surface area contributed by atoms with Crippen molar-refractivity contribution < 1.29 is 0 Å². The Balaban J connectivity index is 4.38. The maximum Gasteiger partial charge on any atom is 0.0383 e. The number of nitrogens with zero attached hydrogens (tertiary/aromatic N) is 2. The van der Waals surface area contributed by atoms with Crippen molar-refractivity contribution in [1.29, 1.82) is 0 Å². The van der Waals surface area contributed by atoms with E-state index in [1.54, 1.807) is 0 Å². The Labute approximate surface area is 88.7 Å². The van der Waals surface area contributed by atoms with Crippen LogP contribution in [0.5, 0.6) is 0 Å². The molecule has 0 heterocycles. The number of hydrazone groups is 1. The van der Waals surface area contributed by atoms with E-state index in [1.807, 2.05) is 6.21 Å². The van der Waals surface area contributed by atoms with Crippen LogP contribution >= 0.6 is 0 Å². The van der Waals surface area contributed by atoms with Crippen LogP contribution in [0.25, 0.3) is 0 Å². The average Bonchev–Trinajstić information content (AvgIpc) is 2.16. The fourth-order valence-corrected chi connectivity index (χ4v) is 1.40. The van der Waals surface area contributed by atoms with Gasteiger partial charge in [0, 0.05) is 18.5 Å². The molecule has 0 unspecified atom stereocenters. The highest BCUT2D eigenvalue weighted by Gasteiger charge is 2.08. The van der Waals surface area contributed by atoms with Gasteiger partial charge in [0.2, 0.25) is 0 Å². The van der Waals surface area contributed by atoms with Gasteiger partial charge in [-0.15, -0.1) is 0 Å². The summed E-state index contributed by atoms with van der Waals surface area (Å²) in [4.78, 5) is 0. The van der Waals surface area contributed by atoms with E-state index in [2.05, 4.69) is 50.8 Å². The summed E-state index contributed by atoms with van der Waals surface area (Å²) in [5.41, 5.74) is 1.31. The van der Waals surface area contributed by atoms with Crippen LogP contribution in [0.15, 0.2) is 16.9 Å². The van der Waals surface area contributed by atoms with Gasteiger partial charge < -0.3 is 0 Å². The lowest BCUT2D eigenvalue weighted by Gasteiger charge is -2.23. The van der Waals surface area contributed by atoms with Crippen LogP contribution in [0.2, 0.25) is 0 Å². The standard InChI is InChI=1S/C12H24N2/c1-6-9-10-13-14(8-3)12(7-2)11(4)5/h7,10-11H,6,8-9H2,1-5H3/b12-7-,13-10-. The van der Waals surface area contributed by atoms with E-state index in [4.69, 9.17) is 0 Å².